The quantitative estimate of drug-likeness (QED) is 0.778. The van der Waals surface area contributed by atoms with Gasteiger partial charge in [0, 0.05) is 9.79 Å². The number of hydrogen-bond donors (Lipinski definition) is 3. The zero-order valence-corrected chi connectivity index (χ0v) is 13.1. The Bertz CT molecular complexity index is 680. The normalized spacial score (nSPS) is 29.3. The molecule has 2 aliphatic heterocycles. The number of aliphatic hydroxyl groups is 3. The van der Waals surface area contributed by atoms with E-state index in [-0.39, 0.29) is 6.61 Å². The number of fused-ring (bicyclic) bond motifs is 2. The maximum Gasteiger partial charge on any atom is 0.163 e. The highest BCUT2D eigenvalue weighted by Crippen LogP contribution is 2.50. The fourth-order valence-corrected chi connectivity index (χ4v) is 4.17. The van der Waals surface area contributed by atoms with Crippen LogP contribution in [0, 0.1) is 0 Å². The molecule has 2 aromatic rings. The average molecular weight is 331 g/mol. The van der Waals surface area contributed by atoms with Crippen LogP contribution in [0.1, 0.15) is 0 Å². The Kier molecular flexibility index (Phi) is 3.79. The van der Waals surface area contributed by atoms with Crippen LogP contribution in [0.25, 0.3) is 0 Å². The highest BCUT2D eigenvalue weighted by molar-refractivity contribution is 7.99. The number of nitrogens with zero attached hydrogens (tertiary/aromatic N) is 1. The molecule has 2 aliphatic rings. The lowest BCUT2D eigenvalue weighted by Crippen LogP contribution is -2.42. The first-order valence-corrected chi connectivity index (χ1v) is 8.30. The van der Waals surface area contributed by atoms with E-state index in [1.165, 1.54) is 0 Å². The molecule has 0 unspecified atom stereocenters. The molecule has 0 radical (unpaired) electrons. The SMILES string of the molecule is OC[C@H]1O[C@@H](N2c3ccccc3Sc3ccccc32)[C@H](O)[C@@H]1O. The van der Waals surface area contributed by atoms with E-state index in [2.05, 4.69) is 0 Å². The van der Waals surface area contributed by atoms with Gasteiger partial charge in [0.15, 0.2) is 6.23 Å². The lowest BCUT2D eigenvalue weighted by Gasteiger charge is -2.37. The van der Waals surface area contributed by atoms with Crippen LogP contribution < -0.4 is 4.90 Å². The molecule has 0 amide bonds. The molecule has 4 atom stereocenters. The van der Waals surface area contributed by atoms with E-state index >= 15 is 0 Å². The third-order valence-corrected chi connectivity index (χ3v) is 5.37. The summed E-state index contributed by atoms with van der Waals surface area (Å²) in [6.45, 7) is -0.333. The molecule has 120 valence electrons. The van der Waals surface area contributed by atoms with Crippen molar-refractivity contribution in [2.45, 2.75) is 34.3 Å². The van der Waals surface area contributed by atoms with Crippen LogP contribution in [0.2, 0.25) is 0 Å². The number of anilines is 2. The molecule has 0 spiro atoms. The lowest BCUT2D eigenvalue weighted by molar-refractivity contribution is -0.0200. The van der Waals surface area contributed by atoms with Gasteiger partial charge in [-0.15, -0.1) is 0 Å². The summed E-state index contributed by atoms with van der Waals surface area (Å²) in [6, 6.07) is 15.8. The highest BCUT2D eigenvalue weighted by Gasteiger charge is 2.47. The molecule has 0 saturated carbocycles. The summed E-state index contributed by atoms with van der Waals surface area (Å²) in [4.78, 5) is 4.03. The summed E-state index contributed by atoms with van der Waals surface area (Å²) in [7, 11) is 0. The van der Waals surface area contributed by atoms with Crippen LogP contribution in [0.5, 0.6) is 0 Å². The maximum absolute atomic E-state index is 10.4. The second kappa shape index (κ2) is 5.81. The molecule has 1 saturated heterocycles. The molecule has 3 N–H and O–H groups in total. The Morgan fingerprint density at radius 2 is 1.48 bits per heavy atom. The van der Waals surface area contributed by atoms with E-state index in [0.29, 0.717) is 0 Å². The highest BCUT2D eigenvalue weighted by atomic mass is 32.2. The largest absolute Gasteiger partial charge is 0.394 e. The van der Waals surface area contributed by atoms with Crippen molar-refractivity contribution >= 4 is 23.1 Å². The van der Waals surface area contributed by atoms with Gasteiger partial charge in [-0.1, -0.05) is 36.0 Å². The summed E-state index contributed by atoms with van der Waals surface area (Å²) < 4.78 is 5.75. The summed E-state index contributed by atoms with van der Waals surface area (Å²) in [5.74, 6) is 0. The fourth-order valence-electron chi connectivity index (χ4n) is 3.10. The van der Waals surface area contributed by atoms with Crippen molar-refractivity contribution in [3.63, 3.8) is 0 Å². The molecule has 0 aliphatic carbocycles. The Hall–Kier alpha value is -1.57. The molecule has 6 heteroatoms. The first-order valence-electron chi connectivity index (χ1n) is 7.48. The predicted molar refractivity (Wildman–Crippen MR) is 86.9 cm³/mol. The van der Waals surface area contributed by atoms with Crippen molar-refractivity contribution in [2.24, 2.45) is 0 Å². The van der Waals surface area contributed by atoms with Gasteiger partial charge in [0.2, 0.25) is 0 Å². The molecule has 23 heavy (non-hydrogen) atoms. The Morgan fingerprint density at radius 3 is 2.00 bits per heavy atom. The van der Waals surface area contributed by atoms with E-state index in [4.69, 9.17) is 4.74 Å². The molecule has 4 rings (SSSR count). The van der Waals surface area contributed by atoms with Crippen LogP contribution in [0.3, 0.4) is 0 Å². The van der Waals surface area contributed by atoms with E-state index in [0.717, 1.165) is 21.2 Å². The molecule has 5 nitrogen and oxygen atoms in total. The van der Waals surface area contributed by atoms with E-state index in [1.807, 2.05) is 53.4 Å². The number of hydrogen-bond acceptors (Lipinski definition) is 6. The number of rotatable bonds is 2. The molecule has 1 fully saturated rings. The van der Waals surface area contributed by atoms with Gasteiger partial charge in [-0.2, -0.15) is 0 Å². The van der Waals surface area contributed by atoms with Crippen molar-refractivity contribution in [2.75, 3.05) is 11.5 Å². The van der Waals surface area contributed by atoms with Crippen molar-refractivity contribution < 1.29 is 20.1 Å². The third-order valence-electron chi connectivity index (χ3n) is 4.24. The van der Waals surface area contributed by atoms with Crippen LogP contribution in [-0.2, 0) is 4.74 Å². The predicted octanol–water partition coefficient (Wildman–Crippen LogP) is 1.73. The Labute approximate surface area is 138 Å². The minimum Gasteiger partial charge on any atom is -0.394 e. The smallest absolute Gasteiger partial charge is 0.163 e. The van der Waals surface area contributed by atoms with Crippen molar-refractivity contribution in [1.29, 1.82) is 0 Å². The van der Waals surface area contributed by atoms with Gasteiger partial charge in [-0.3, -0.25) is 0 Å². The summed E-state index contributed by atoms with van der Waals surface area (Å²) >= 11 is 1.66. The molecular weight excluding hydrogens is 314 g/mol. The van der Waals surface area contributed by atoms with Crippen LogP contribution in [-0.4, -0.2) is 46.5 Å². The molecule has 0 aromatic heterocycles. The Balaban J connectivity index is 1.82. The van der Waals surface area contributed by atoms with E-state index < -0.39 is 24.5 Å². The molecule has 2 heterocycles. The van der Waals surface area contributed by atoms with Crippen LogP contribution in [0.15, 0.2) is 58.3 Å². The van der Waals surface area contributed by atoms with Gasteiger partial charge in [0.25, 0.3) is 0 Å². The summed E-state index contributed by atoms with van der Waals surface area (Å²) in [6.07, 6.45) is -3.75. The van der Waals surface area contributed by atoms with Gasteiger partial charge in [0.05, 0.1) is 18.0 Å². The van der Waals surface area contributed by atoms with Crippen molar-refractivity contribution in [3.05, 3.63) is 48.5 Å². The zero-order chi connectivity index (χ0) is 16.0. The van der Waals surface area contributed by atoms with Gasteiger partial charge in [-0.05, 0) is 24.3 Å². The first-order chi connectivity index (χ1) is 11.2. The maximum atomic E-state index is 10.4. The summed E-state index contributed by atoms with van der Waals surface area (Å²) in [5, 5.41) is 29.9. The lowest BCUT2D eigenvalue weighted by atomic mass is 10.1. The monoisotopic (exact) mass is 331 g/mol. The standard InChI is InChI=1S/C17H17NO4S/c19-9-12-15(20)16(21)17(22-12)18-10-5-1-3-7-13(10)23-14-8-4-2-6-11(14)18/h1-8,12,15-17,19-21H,9H2/t12-,15-,16-,17-/m1/s1. The zero-order valence-electron chi connectivity index (χ0n) is 12.2. The topological polar surface area (TPSA) is 73.2 Å². The third kappa shape index (κ3) is 2.34. The number of para-hydroxylation sites is 2. The minimum absolute atomic E-state index is 0.333. The second-order valence-corrected chi connectivity index (χ2v) is 6.72. The number of aliphatic hydroxyl groups excluding tert-OH is 3. The van der Waals surface area contributed by atoms with Gasteiger partial charge < -0.3 is 25.0 Å². The molecule has 0 bridgehead atoms. The van der Waals surface area contributed by atoms with Gasteiger partial charge in [-0.25, -0.2) is 0 Å². The number of benzene rings is 2. The van der Waals surface area contributed by atoms with E-state index in [9.17, 15) is 15.3 Å². The minimum atomic E-state index is -1.11. The van der Waals surface area contributed by atoms with Crippen LogP contribution >= 0.6 is 11.8 Å². The molecule has 2 aromatic carbocycles. The van der Waals surface area contributed by atoms with Gasteiger partial charge in [0.1, 0.15) is 18.3 Å². The van der Waals surface area contributed by atoms with Gasteiger partial charge >= 0.3 is 0 Å². The summed E-state index contributed by atoms with van der Waals surface area (Å²) in [5.41, 5.74) is 1.84. The first kappa shape index (κ1) is 15.0. The van der Waals surface area contributed by atoms with E-state index in [1.54, 1.807) is 11.8 Å². The van der Waals surface area contributed by atoms with Crippen molar-refractivity contribution in [3.8, 4) is 0 Å². The Morgan fingerprint density at radius 1 is 0.913 bits per heavy atom. The van der Waals surface area contributed by atoms with Crippen LogP contribution in [0.4, 0.5) is 11.4 Å². The fraction of sp³-hybridized carbons (Fsp3) is 0.294. The second-order valence-electron chi connectivity index (χ2n) is 5.64. The van der Waals surface area contributed by atoms with Crippen molar-refractivity contribution in [1.82, 2.24) is 0 Å². The molecular formula is C17H17NO4S. The average Bonchev–Trinajstić information content (AvgIpc) is 2.87. The number of ether oxygens (including phenoxy) is 1.